The first-order valence-corrected chi connectivity index (χ1v) is 7.41. The number of hydrogen-bond acceptors (Lipinski definition) is 2. The van der Waals surface area contributed by atoms with Gasteiger partial charge in [-0.2, -0.15) is 0 Å². The minimum atomic E-state index is 0.0443. The number of nitrogens with one attached hydrogen (secondary N) is 2. The maximum Gasteiger partial charge on any atom is 0.237 e. The van der Waals surface area contributed by atoms with Gasteiger partial charge in [0.1, 0.15) is 0 Å². The fraction of sp³-hybridized carbons (Fsp3) is 0.562. The molecule has 1 amide bonds. The van der Waals surface area contributed by atoms with Gasteiger partial charge in [-0.1, -0.05) is 36.8 Å². The highest BCUT2D eigenvalue weighted by Gasteiger charge is 2.19. The third kappa shape index (κ3) is 5.03. The van der Waals surface area contributed by atoms with Gasteiger partial charge in [0.15, 0.2) is 0 Å². The van der Waals surface area contributed by atoms with Gasteiger partial charge in [-0.05, 0) is 44.2 Å². The van der Waals surface area contributed by atoms with Crippen molar-refractivity contribution in [3.05, 3.63) is 35.9 Å². The Morgan fingerprint density at radius 2 is 2.05 bits per heavy atom. The lowest BCUT2D eigenvalue weighted by Gasteiger charge is -2.22. The lowest BCUT2D eigenvalue weighted by atomic mass is 10.0. The van der Waals surface area contributed by atoms with E-state index in [1.807, 2.05) is 6.07 Å². The minimum absolute atomic E-state index is 0.0443. The van der Waals surface area contributed by atoms with Gasteiger partial charge < -0.3 is 10.6 Å². The van der Waals surface area contributed by atoms with Crippen LogP contribution in [0, 0.1) is 0 Å². The topological polar surface area (TPSA) is 41.1 Å². The molecule has 0 spiro atoms. The van der Waals surface area contributed by atoms with E-state index in [4.69, 9.17) is 0 Å². The fourth-order valence-corrected chi connectivity index (χ4v) is 2.51. The summed E-state index contributed by atoms with van der Waals surface area (Å²) in [7, 11) is 0. The van der Waals surface area contributed by atoms with Crippen LogP contribution < -0.4 is 10.6 Å². The Morgan fingerprint density at radius 3 is 2.79 bits per heavy atom. The van der Waals surface area contributed by atoms with E-state index in [0.717, 1.165) is 38.8 Å². The highest BCUT2D eigenvalue weighted by atomic mass is 16.2. The highest BCUT2D eigenvalue weighted by Crippen LogP contribution is 2.07. The molecule has 0 aliphatic carbocycles. The van der Waals surface area contributed by atoms with E-state index in [-0.39, 0.29) is 11.9 Å². The summed E-state index contributed by atoms with van der Waals surface area (Å²) in [5.74, 6) is 0.180. The van der Waals surface area contributed by atoms with Crippen LogP contribution in [0.4, 0.5) is 0 Å². The molecule has 0 unspecified atom stereocenters. The average molecular weight is 260 g/mol. The number of benzene rings is 1. The standard InChI is InChI=1S/C16H24N2O/c19-16(15-11-5-7-12-17-15)18-13-6-4-10-14-8-2-1-3-9-14/h1-3,8-9,15,17H,4-7,10-13H2,(H,18,19)/t15-/m0/s1. The van der Waals surface area contributed by atoms with Gasteiger partial charge >= 0.3 is 0 Å². The number of carbonyl (C=O) groups is 1. The van der Waals surface area contributed by atoms with Crippen LogP contribution in [0.3, 0.4) is 0 Å². The fourth-order valence-electron chi connectivity index (χ4n) is 2.51. The molecule has 19 heavy (non-hydrogen) atoms. The molecule has 1 aliphatic rings. The van der Waals surface area contributed by atoms with Crippen LogP contribution in [-0.2, 0) is 11.2 Å². The van der Waals surface area contributed by atoms with Crippen molar-refractivity contribution in [1.29, 1.82) is 0 Å². The number of unbranched alkanes of at least 4 members (excludes halogenated alkanes) is 1. The second-order valence-electron chi connectivity index (χ2n) is 5.24. The first kappa shape index (κ1) is 14.1. The molecule has 1 fully saturated rings. The molecule has 1 heterocycles. The van der Waals surface area contributed by atoms with Crippen molar-refractivity contribution in [2.24, 2.45) is 0 Å². The lowest BCUT2D eigenvalue weighted by molar-refractivity contribution is -0.123. The van der Waals surface area contributed by atoms with Crippen LogP contribution in [0.5, 0.6) is 0 Å². The minimum Gasteiger partial charge on any atom is -0.355 e. The Morgan fingerprint density at radius 1 is 1.21 bits per heavy atom. The van der Waals surface area contributed by atoms with Gasteiger partial charge in [0.25, 0.3) is 0 Å². The number of amides is 1. The Bertz CT molecular complexity index is 372. The van der Waals surface area contributed by atoms with Crippen LogP contribution in [-0.4, -0.2) is 25.0 Å². The maximum atomic E-state index is 11.9. The predicted molar refractivity (Wildman–Crippen MR) is 78.0 cm³/mol. The maximum absolute atomic E-state index is 11.9. The third-order valence-electron chi connectivity index (χ3n) is 3.66. The van der Waals surface area contributed by atoms with Crippen molar-refractivity contribution in [3.8, 4) is 0 Å². The molecule has 2 rings (SSSR count). The van der Waals surface area contributed by atoms with Crippen LogP contribution in [0.25, 0.3) is 0 Å². The number of carbonyl (C=O) groups excluding carboxylic acids is 1. The van der Waals surface area contributed by atoms with E-state index in [2.05, 4.69) is 34.9 Å². The molecule has 0 aromatic heterocycles. The SMILES string of the molecule is O=C(NCCCCc1ccccc1)[C@@H]1CCCCN1. The van der Waals surface area contributed by atoms with Gasteiger partial charge in [-0.25, -0.2) is 0 Å². The van der Waals surface area contributed by atoms with Gasteiger partial charge in [-0.15, -0.1) is 0 Å². The van der Waals surface area contributed by atoms with Gasteiger partial charge in [0.2, 0.25) is 5.91 Å². The molecule has 1 saturated heterocycles. The summed E-state index contributed by atoms with van der Waals surface area (Å²) in [6, 6.07) is 10.6. The van der Waals surface area contributed by atoms with Crippen LogP contribution in [0.1, 0.15) is 37.7 Å². The second kappa shape index (κ2) is 7.95. The Labute approximate surface area is 115 Å². The molecule has 0 radical (unpaired) electrons. The molecule has 1 aromatic rings. The number of hydrogen-bond donors (Lipinski definition) is 2. The van der Waals surface area contributed by atoms with E-state index in [9.17, 15) is 4.79 Å². The molecule has 1 aromatic carbocycles. The average Bonchev–Trinajstić information content (AvgIpc) is 2.49. The molecular formula is C16H24N2O. The number of rotatable bonds is 6. The summed E-state index contributed by atoms with van der Waals surface area (Å²) in [4.78, 5) is 11.9. The molecule has 3 heteroatoms. The normalized spacial score (nSPS) is 19.1. The van der Waals surface area contributed by atoms with Gasteiger partial charge in [-0.3, -0.25) is 4.79 Å². The Kier molecular flexibility index (Phi) is 5.89. The van der Waals surface area contributed by atoms with E-state index in [0.29, 0.717) is 0 Å². The molecule has 3 nitrogen and oxygen atoms in total. The number of piperidine rings is 1. The van der Waals surface area contributed by atoms with E-state index < -0.39 is 0 Å². The lowest BCUT2D eigenvalue weighted by Crippen LogP contribution is -2.46. The predicted octanol–water partition coefficient (Wildman–Crippen LogP) is 2.27. The van der Waals surface area contributed by atoms with E-state index in [1.54, 1.807) is 0 Å². The third-order valence-corrected chi connectivity index (χ3v) is 3.66. The molecule has 1 atom stereocenters. The summed E-state index contributed by atoms with van der Waals surface area (Å²) in [5, 5.41) is 6.31. The zero-order valence-electron chi connectivity index (χ0n) is 11.5. The van der Waals surface area contributed by atoms with Crippen LogP contribution >= 0.6 is 0 Å². The van der Waals surface area contributed by atoms with Crippen molar-refractivity contribution in [2.75, 3.05) is 13.1 Å². The molecule has 1 aliphatic heterocycles. The van der Waals surface area contributed by atoms with Gasteiger partial charge in [0.05, 0.1) is 6.04 Å². The molecule has 2 N–H and O–H groups in total. The summed E-state index contributed by atoms with van der Waals surface area (Å²) in [6.07, 6.45) is 6.62. The molecule has 0 saturated carbocycles. The van der Waals surface area contributed by atoms with Crippen molar-refractivity contribution < 1.29 is 4.79 Å². The van der Waals surface area contributed by atoms with E-state index in [1.165, 1.54) is 18.4 Å². The van der Waals surface area contributed by atoms with Crippen molar-refractivity contribution >= 4 is 5.91 Å². The largest absolute Gasteiger partial charge is 0.355 e. The Balaban J connectivity index is 1.55. The monoisotopic (exact) mass is 260 g/mol. The molecule has 0 bridgehead atoms. The molecular weight excluding hydrogens is 236 g/mol. The summed E-state index contributed by atoms with van der Waals surface area (Å²) in [6.45, 7) is 1.77. The zero-order valence-corrected chi connectivity index (χ0v) is 11.5. The van der Waals surface area contributed by atoms with Crippen LogP contribution in [0.2, 0.25) is 0 Å². The zero-order chi connectivity index (χ0) is 13.3. The summed E-state index contributed by atoms with van der Waals surface area (Å²) in [5.41, 5.74) is 1.38. The smallest absolute Gasteiger partial charge is 0.237 e. The van der Waals surface area contributed by atoms with E-state index >= 15 is 0 Å². The van der Waals surface area contributed by atoms with Crippen LogP contribution in [0.15, 0.2) is 30.3 Å². The van der Waals surface area contributed by atoms with Crippen molar-refractivity contribution in [1.82, 2.24) is 10.6 Å². The van der Waals surface area contributed by atoms with Crippen molar-refractivity contribution in [3.63, 3.8) is 0 Å². The first-order chi connectivity index (χ1) is 9.36. The van der Waals surface area contributed by atoms with Gasteiger partial charge in [0, 0.05) is 6.54 Å². The second-order valence-corrected chi connectivity index (χ2v) is 5.24. The van der Waals surface area contributed by atoms with Crippen molar-refractivity contribution in [2.45, 2.75) is 44.6 Å². The quantitative estimate of drug-likeness (QED) is 0.770. The first-order valence-electron chi connectivity index (χ1n) is 7.41. The summed E-state index contributed by atoms with van der Waals surface area (Å²) < 4.78 is 0. The molecule has 104 valence electrons. The Hall–Kier alpha value is -1.35. The number of aryl methyl sites for hydroxylation is 1. The summed E-state index contributed by atoms with van der Waals surface area (Å²) >= 11 is 0. The highest BCUT2D eigenvalue weighted by molar-refractivity contribution is 5.81.